The zero-order valence-corrected chi connectivity index (χ0v) is 8.31. The lowest BCUT2D eigenvalue weighted by atomic mass is 9.81. The number of rotatable bonds is 3. The number of hydrogen-bond acceptors (Lipinski definition) is 1. The van der Waals surface area contributed by atoms with Crippen LogP contribution in [0.3, 0.4) is 0 Å². The van der Waals surface area contributed by atoms with E-state index >= 15 is 0 Å². The maximum Gasteiger partial charge on any atom is 0.138 e. The minimum atomic E-state index is 0.299. The van der Waals surface area contributed by atoms with Crippen LogP contribution in [0.5, 0.6) is 0 Å². The Morgan fingerprint density at radius 3 is 2.42 bits per heavy atom. The van der Waals surface area contributed by atoms with Crippen molar-refractivity contribution in [2.45, 2.75) is 52.4 Å². The summed E-state index contributed by atoms with van der Waals surface area (Å²) in [6.07, 6.45) is 7.20. The Morgan fingerprint density at radius 2 is 1.92 bits per heavy atom. The van der Waals surface area contributed by atoms with Crippen molar-refractivity contribution in [2.75, 3.05) is 0 Å². The second-order valence-corrected chi connectivity index (χ2v) is 4.05. The molecule has 0 unspecified atom stereocenters. The smallest absolute Gasteiger partial charge is 0.138 e. The Bertz CT molecular complexity index is 145. The lowest BCUT2D eigenvalue weighted by molar-refractivity contribution is -0.127. The van der Waals surface area contributed by atoms with E-state index in [0.29, 0.717) is 17.6 Å². The van der Waals surface area contributed by atoms with Crippen molar-refractivity contribution >= 4 is 5.78 Å². The summed E-state index contributed by atoms with van der Waals surface area (Å²) in [5.74, 6) is 1.24. The van der Waals surface area contributed by atoms with Crippen molar-refractivity contribution in [1.82, 2.24) is 0 Å². The monoisotopic (exact) mass is 168 g/mol. The molecule has 1 nitrogen and oxygen atoms in total. The van der Waals surface area contributed by atoms with Gasteiger partial charge in [-0.2, -0.15) is 0 Å². The van der Waals surface area contributed by atoms with Crippen LogP contribution in [-0.4, -0.2) is 5.78 Å². The fourth-order valence-electron chi connectivity index (χ4n) is 1.99. The number of hydrogen-bond donors (Lipinski definition) is 0. The highest BCUT2D eigenvalue weighted by molar-refractivity contribution is 5.83. The van der Waals surface area contributed by atoms with Crippen molar-refractivity contribution in [1.29, 1.82) is 0 Å². The molecular weight excluding hydrogens is 148 g/mol. The van der Waals surface area contributed by atoms with Crippen LogP contribution in [0.15, 0.2) is 0 Å². The van der Waals surface area contributed by atoms with Gasteiger partial charge >= 0.3 is 0 Å². The Kier molecular flexibility index (Phi) is 3.77. The van der Waals surface area contributed by atoms with Crippen molar-refractivity contribution in [3.8, 4) is 0 Å². The van der Waals surface area contributed by atoms with E-state index in [1.165, 1.54) is 19.3 Å². The molecule has 0 amide bonds. The number of Topliss-reactive ketones (excluding diaryl/α,β-unsaturated/α-hetero) is 1. The highest BCUT2D eigenvalue weighted by Gasteiger charge is 2.23. The van der Waals surface area contributed by atoms with E-state index in [0.717, 1.165) is 19.3 Å². The first-order valence-electron chi connectivity index (χ1n) is 5.29. The van der Waals surface area contributed by atoms with Gasteiger partial charge in [-0.15, -0.1) is 0 Å². The third kappa shape index (κ3) is 2.33. The zero-order chi connectivity index (χ0) is 8.97. The van der Waals surface area contributed by atoms with E-state index in [-0.39, 0.29) is 0 Å². The molecule has 0 N–H and O–H groups in total. The minimum Gasteiger partial charge on any atom is -0.299 e. The van der Waals surface area contributed by atoms with Crippen LogP contribution >= 0.6 is 0 Å². The topological polar surface area (TPSA) is 17.1 Å². The molecule has 1 rings (SSSR count). The minimum absolute atomic E-state index is 0.299. The lowest BCUT2D eigenvalue weighted by Crippen LogP contribution is -2.23. The molecule has 12 heavy (non-hydrogen) atoms. The van der Waals surface area contributed by atoms with Crippen molar-refractivity contribution in [3.05, 3.63) is 0 Å². The quantitative estimate of drug-likeness (QED) is 0.632. The Hall–Kier alpha value is -0.330. The molecule has 70 valence electrons. The molecule has 0 aliphatic heterocycles. The van der Waals surface area contributed by atoms with Crippen molar-refractivity contribution < 1.29 is 4.79 Å². The van der Waals surface area contributed by atoms with Gasteiger partial charge in [0.25, 0.3) is 0 Å². The predicted octanol–water partition coefficient (Wildman–Crippen LogP) is 3.18. The number of carbonyl (C=O) groups excluding carboxylic acids is 1. The third-order valence-electron chi connectivity index (χ3n) is 3.11. The molecule has 1 saturated carbocycles. The van der Waals surface area contributed by atoms with Crippen LogP contribution in [0.4, 0.5) is 0 Å². The molecule has 1 heteroatoms. The number of ketones is 1. The van der Waals surface area contributed by atoms with Gasteiger partial charge in [0.05, 0.1) is 0 Å². The van der Waals surface area contributed by atoms with Crippen LogP contribution < -0.4 is 0 Å². The lowest BCUT2D eigenvalue weighted by Gasteiger charge is -2.22. The van der Waals surface area contributed by atoms with Gasteiger partial charge in [-0.1, -0.05) is 33.1 Å². The third-order valence-corrected chi connectivity index (χ3v) is 3.11. The highest BCUT2D eigenvalue weighted by Crippen LogP contribution is 2.27. The molecule has 0 saturated heterocycles. The zero-order valence-electron chi connectivity index (χ0n) is 8.31. The van der Waals surface area contributed by atoms with Crippen LogP contribution in [0.2, 0.25) is 0 Å². The summed E-state index contributed by atoms with van der Waals surface area (Å²) in [6.45, 7) is 4.17. The summed E-state index contributed by atoms with van der Waals surface area (Å²) in [5, 5.41) is 0. The van der Waals surface area contributed by atoms with Crippen molar-refractivity contribution in [3.63, 3.8) is 0 Å². The molecule has 0 aromatic carbocycles. The molecule has 0 aromatic rings. The van der Waals surface area contributed by atoms with E-state index in [9.17, 15) is 4.79 Å². The molecule has 1 fully saturated rings. The van der Waals surface area contributed by atoms with Crippen LogP contribution in [0.1, 0.15) is 52.4 Å². The second kappa shape index (κ2) is 4.64. The van der Waals surface area contributed by atoms with E-state index in [1.54, 1.807) is 0 Å². The molecule has 0 bridgehead atoms. The summed E-state index contributed by atoms with van der Waals surface area (Å²) in [7, 11) is 0. The maximum absolute atomic E-state index is 11.7. The Morgan fingerprint density at radius 1 is 1.33 bits per heavy atom. The second-order valence-electron chi connectivity index (χ2n) is 4.05. The standard InChI is InChI=1S/C11H20O/c1-3-9(2)11(12)10-7-5-4-6-8-10/h9-10H,3-8H2,1-2H3/t9-/m0/s1. The van der Waals surface area contributed by atoms with Gasteiger partial charge < -0.3 is 0 Å². The largest absolute Gasteiger partial charge is 0.299 e. The van der Waals surface area contributed by atoms with Crippen LogP contribution in [-0.2, 0) is 4.79 Å². The molecule has 0 heterocycles. The summed E-state index contributed by atoms with van der Waals surface area (Å²) < 4.78 is 0. The average Bonchev–Trinajstić information content (AvgIpc) is 2.17. The van der Waals surface area contributed by atoms with E-state index in [1.807, 2.05) is 0 Å². The summed E-state index contributed by atoms with van der Waals surface area (Å²) in [6, 6.07) is 0. The van der Waals surface area contributed by atoms with Crippen molar-refractivity contribution in [2.24, 2.45) is 11.8 Å². The Labute approximate surface area is 75.5 Å². The van der Waals surface area contributed by atoms with Crippen LogP contribution in [0.25, 0.3) is 0 Å². The van der Waals surface area contributed by atoms with Gasteiger partial charge in [0, 0.05) is 11.8 Å². The summed E-state index contributed by atoms with van der Waals surface area (Å²) in [5.41, 5.74) is 0. The summed E-state index contributed by atoms with van der Waals surface area (Å²) in [4.78, 5) is 11.7. The molecule has 0 aromatic heterocycles. The normalized spacial score (nSPS) is 22.2. The molecule has 0 radical (unpaired) electrons. The van der Waals surface area contributed by atoms with E-state index < -0.39 is 0 Å². The summed E-state index contributed by atoms with van der Waals surface area (Å²) >= 11 is 0. The van der Waals surface area contributed by atoms with Gasteiger partial charge in [-0.3, -0.25) is 4.79 Å². The van der Waals surface area contributed by atoms with Gasteiger partial charge in [0.1, 0.15) is 5.78 Å². The SMILES string of the molecule is CC[C@H](C)C(=O)C1CCCCC1. The van der Waals surface area contributed by atoms with E-state index in [4.69, 9.17) is 0 Å². The fourth-order valence-corrected chi connectivity index (χ4v) is 1.99. The van der Waals surface area contributed by atoms with Gasteiger partial charge in [0.15, 0.2) is 0 Å². The van der Waals surface area contributed by atoms with Crippen LogP contribution in [0, 0.1) is 11.8 Å². The predicted molar refractivity (Wildman–Crippen MR) is 51.0 cm³/mol. The molecule has 1 aliphatic rings. The maximum atomic E-state index is 11.7. The van der Waals surface area contributed by atoms with Gasteiger partial charge in [0.2, 0.25) is 0 Å². The first kappa shape index (κ1) is 9.76. The van der Waals surface area contributed by atoms with Gasteiger partial charge in [-0.05, 0) is 19.3 Å². The molecule has 1 atom stereocenters. The first-order chi connectivity index (χ1) is 5.75. The average molecular weight is 168 g/mol. The highest BCUT2D eigenvalue weighted by atomic mass is 16.1. The first-order valence-corrected chi connectivity index (χ1v) is 5.29. The Balaban J connectivity index is 2.39. The molecule has 1 aliphatic carbocycles. The number of carbonyl (C=O) groups is 1. The fraction of sp³-hybridized carbons (Fsp3) is 0.909. The van der Waals surface area contributed by atoms with E-state index in [2.05, 4.69) is 13.8 Å². The van der Waals surface area contributed by atoms with Gasteiger partial charge in [-0.25, -0.2) is 0 Å². The molecule has 0 spiro atoms. The molecular formula is C11H20O.